The van der Waals surface area contributed by atoms with Gasteiger partial charge in [-0.3, -0.25) is 13.9 Å². The molecule has 0 amide bonds. The normalized spacial score (nSPS) is 17.5. The lowest BCUT2D eigenvalue weighted by atomic mass is 9.83. The van der Waals surface area contributed by atoms with E-state index in [0.717, 1.165) is 9.13 Å². The van der Waals surface area contributed by atoms with Crippen LogP contribution in [-0.4, -0.2) is 36.3 Å². The highest BCUT2D eigenvalue weighted by Crippen LogP contribution is 2.46. The molecule has 0 unspecified atom stereocenters. The zero-order valence-corrected chi connectivity index (χ0v) is 18.0. The van der Waals surface area contributed by atoms with Gasteiger partial charge in [-0.25, -0.2) is 27.3 Å². The van der Waals surface area contributed by atoms with E-state index in [1.165, 1.54) is 35.9 Å². The van der Waals surface area contributed by atoms with Gasteiger partial charge in [-0.2, -0.15) is 0 Å². The predicted octanol–water partition coefficient (Wildman–Crippen LogP) is 2.84. The number of aliphatic hydroxyl groups is 1. The summed E-state index contributed by atoms with van der Waals surface area (Å²) in [6, 6.07) is 5.37. The number of rotatable bonds is 6. The number of halogens is 4. The summed E-state index contributed by atoms with van der Waals surface area (Å²) in [5.74, 6) is -3.66. The summed E-state index contributed by atoms with van der Waals surface area (Å²) in [7, 11) is 1.39. The largest absolute Gasteiger partial charge is 0.396 e. The lowest BCUT2D eigenvalue weighted by Gasteiger charge is -2.33. The van der Waals surface area contributed by atoms with E-state index in [9.17, 15) is 22.8 Å². The molecule has 1 aromatic carbocycles. The number of alkyl halides is 3. The molecule has 7 nitrogen and oxygen atoms in total. The zero-order valence-electron chi connectivity index (χ0n) is 18.0. The third kappa shape index (κ3) is 4.21. The Morgan fingerprint density at radius 2 is 1.67 bits per heavy atom. The molecule has 1 saturated carbocycles. The number of nitrogens with zero attached hydrogens (tertiary/aromatic N) is 4. The Kier molecular flexibility index (Phi) is 5.94. The van der Waals surface area contributed by atoms with Gasteiger partial charge in [-0.05, 0) is 37.0 Å². The second-order valence-corrected chi connectivity index (χ2v) is 8.52. The van der Waals surface area contributed by atoms with Crippen LogP contribution in [0.15, 0.2) is 33.9 Å². The third-order valence-corrected chi connectivity index (χ3v) is 6.20. The molecule has 2 aromatic heterocycles. The van der Waals surface area contributed by atoms with Crippen LogP contribution < -0.4 is 11.2 Å². The summed E-state index contributed by atoms with van der Waals surface area (Å²) in [4.78, 5) is 30.3. The molecule has 0 spiro atoms. The molecular weight excluding hydrogens is 444 g/mol. The number of aryl methyl sites for hydroxylation is 1. The monoisotopic (exact) mass is 468 g/mol. The van der Waals surface area contributed by atoms with E-state index >= 15 is 4.39 Å². The second kappa shape index (κ2) is 8.44. The van der Waals surface area contributed by atoms with Crippen LogP contribution in [0.1, 0.15) is 43.5 Å². The van der Waals surface area contributed by atoms with Gasteiger partial charge in [0.05, 0.1) is 0 Å². The Labute approximate surface area is 185 Å². The van der Waals surface area contributed by atoms with Crippen LogP contribution in [0.4, 0.5) is 17.6 Å². The molecule has 0 atom stereocenters. The van der Waals surface area contributed by atoms with Crippen molar-refractivity contribution in [2.75, 3.05) is 6.61 Å². The SMILES string of the molecule is Cn1c(=O)n(CCCO)c(=O)c2c1nc(C1(F)CCC(F)(F)CC1)n2Cc1ccc(F)cc1. The Balaban J connectivity index is 1.95. The Bertz CT molecular complexity index is 1280. The van der Waals surface area contributed by atoms with E-state index in [2.05, 4.69) is 4.98 Å². The molecule has 3 aromatic rings. The molecule has 11 heteroatoms. The second-order valence-electron chi connectivity index (χ2n) is 8.52. The van der Waals surface area contributed by atoms with Gasteiger partial charge in [0, 0.05) is 39.6 Å². The van der Waals surface area contributed by atoms with Crippen molar-refractivity contribution < 1.29 is 22.7 Å². The van der Waals surface area contributed by atoms with Gasteiger partial charge in [-0.1, -0.05) is 12.1 Å². The quantitative estimate of drug-likeness (QED) is 0.564. The minimum atomic E-state index is -2.98. The predicted molar refractivity (Wildman–Crippen MR) is 113 cm³/mol. The number of aromatic nitrogens is 4. The lowest BCUT2D eigenvalue weighted by molar-refractivity contribution is -0.0803. The number of hydrogen-bond acceptors (Lipinski definition) is 4. The number of benzene rings is 1. The van der Waals surface area contributed by atoms with Crippen molar-refractivity contribution in [2.45, 2.75) is 56.8 Å². The molecule has 1 N–H and O–H groups in total. The maximum atomic E-state index is 16.1. The minimum Gasteiger partial charge on any atom is -0.396 e. The zero-order chi connectivity index (χ0) is 24.0. The average molecular weight is 468 g/mol. The lowest BCUT2D eigenvalue weighted by Crippen LogP contribution is -2.40. The van der Waals surface area contributed by atoms with Gasteiger partial charge < -0.3 is 9.67 Å². The van der Waals surface area contributed by atoms with E-state index in [1.54, 1.807) is 0 Å². The molecule has 0 saturated heterocycles. The molecule has 1 aliphatic rings. The summed E-state index contributed by atoms with van der Waals surface area (Å²) in [5, 5.41) is 9.13. The molecule has 4 rings (SSSR count). The van der Waals surface area contributed by atoms with E-state index in [1.807, 2.05) is 0 Å². The highest BCUT2D eigenvalue weighted by molar-refractivity contribution is 5.71. The van der Waals surface area contributed by atoms with Crippen molar-refractivity contribution in [2.24, 2.45) is 7.05 Å². The van der Waals surface area contributed by atoms with E-state index in [4.69, 9.17) is 5.11 Å². The van der Waals surface area contributed by atoms with E-state index in [0.29, 0.717) is 5.56 Å². The van der Waals surface area contributed by atoms with Crippen molar-refractivity contribution in [3.63, 3.8) is 0 Å². The van der Waals surface area contributed by atoms with Crippen molar-refractivity contribution >= 4 is 11.2 Å². The average Bonchev–Trinajstić information content (AvgIpc) is 3.16. The molecule has 1 fully saturated rings. The first-order chi connectivity index (χ1) is 15.6. The molecule has 1 aliphatic carbocycles. The molecule has 178 valence electrons. The first-order valence-electron chi connectivity index (χ1n) is 10.7. The van der Waals surface area contributed by atoms with E-state index in [-0.39, 0.29) is 43.1 Å². The summed E-state index contributed by atoms with van der Waals surface area (Å²) >= 11 is 0. The highest BCUT2D eigenvalue weighted by Gasteiger charge is 2.47. The fourth-order valence-corrected chi connectivity index (χ4v) is 4.30. The van der Waals surface area contributed by atoms with Crippen LogP contribution in [0.5, 0.6) is 0 Å². The van der Waals surface area contributed by atoms with Gasteiger partial charge in [0.15, 0.2) is 16.8 Å². The third-order valence-electron chi connectivity index (χ3n) is 6.20. The topological polar surface area (TPSA) is 82.0 Å². The summed E-state index contributed by atoms with van der Waals surface area (Å²) < 4.78 is 60.3. The smallest absolute Gasteiger partial charge is 0.332 e. The maximum absolute atomic E-state index is 16.1. The van der Waals surface area contributed by atoms with Gasteiger partial charge in [0.2, 0.25) is 5.92 Å². The Morgan fingerprint density at radius 1 is 1.03 bits per heavy atom. The number of aliphatic hydroxyl groups excluding tert-OH is 1. The van der Waals surface area contributed by atoms with E-state index < -0.39 is 54.3 Å². The fraction of sp³-hybridized carbons (Fsp3) is 0.500. The van der Waals surface area contributed by atoms with Crippen LogP contribution in [0.3, 0.4) is 0 Å². The Hall–Kier alpha value is -2.95. The fourth-order valence-electron chi connectivity index (χ4n) is 4.30. The standard InChI is InChI=1S/C22H24F4N4O3/c1-28-17-16(18(32)29(20(28)33)11-2-12-31)30(13-14-3-5-15(23)6-4-14)19(27-17)21(24)7-9-22(25,26)10-8-21/h3-6,31H,2,7-13H2,1H3. The van der Waals surface area contributed by atoms with Crippen LogP contribution in [0, 0.1) is 5.82 Å². The summed E-state index contributed by atoms with van der Waals surface area (Å²) in [6.07, 6.45) is -2.15. The molecule has 2 heterocycles. The molecule has 33 heavy (non-hydrogen) atoms. The minimum absolute atomic E-state index is 0.0521. The summed E-state index contributed by atoms with van der Waals surface area (Å²) in [6.45, 7) is -0.362. The molecule has 0 radical (unpaired) electrons. The van der Waals surface area contributed by atoms with Crippen LogP contribution >= 0.6 is 0 Å². The Morgan fingerprint density at radius 3 is 2.27 bits per heavy atom. The number of fused-ring (bicyclic) bond motifs is 1. The molecule has 0 bridgehead atoms. The van der Waals surface area contributed by atoms with Gasteiger partial charge in [0.1, 0.15) is 11.6 Å². The van der Waals surface area contributed by atoms with Crippen molar-refractivity contribution in [3.05, 3.63) is 62.3 Å². The highest BCUT2D eigenvalue weighted by atomic mass is 19.3. The van der Waals surface area contributed by atoms with Crippen LogP contribution in [-0.2, 0) is 25.8 Å². The van der Waals surface area contributed by atoms with Gasteiger partial charge in [-0.15, -0.1) is 0 Å². The van der Waals surface area contributed by atoms with Crippen LogP contribution in [0.2, 0.25) is 0 Å². The number of imidazole rings is 1. The van der Waals surface area contributed by atoms with Gasteiger partial charge >= 0.3 is 5.69 Å². The maximum Gasteiger partial charge on any atom is 0.332 e. The van der Waals surface area contributed by atoms with Crippen molar-refractivity contribution in [1.29, 1.82) is 0 Å². The molecular formula is C22H24F4N4O3. The first-order valence-corrected chi connectivity index (χ1v) is 10.7. The van der Waals surface area contributed by atoms with Crippen molar-refractivity contribution in [3.8, 4) is 0 Å². The van der Waals surface area contributed by atoms with Gasteiger partial charge in [0.25, 0.3) is 5.56 Å². The molecule has 0 aliphatic heterocycles. The number of hydrogen-bond donors (Lipinski definition) is 1. The van der Waals surface area contributed by atoms with Crippen molar-refractivity contribution in [1.82, 2.24) is 18.7 Å². The van der Waals surface area contributed by atoms with Crippen LogP contribution in [0.25, 0.3) is 11.2 Å². The first kappa shape index (κ1) is 23.2. The summed E-state index contributed by atoms with van der Waals surface area (Å²) in [5.41, 5.74) is -3.19.